The molecule has 1 saturated heterocycles. The molecular formula is C19H21FN4O4. The Morgan fingerprint density at radius 3 is 2.68 bits per heavy atom. The minimum atomic E-state index is -0.818. The van der Waals surface area contributed by atoms with Gasteiger partial charge in [0.1, 0.15) is 30.0 Å². The van der Waals surface area contributed by atoms with E-state index in [4.69, 9.17) is 4.74 Å². The van der Waals surface area contributed by atoms with Crippen molar-refractivity contribution in [3.8, 4) is 11.1 Å². The van der Waals surface area contributed by atoms with Gasteiger partial charge in [-0.05, 0) is 18.2 Å². The van der Waals surface area contributed by atoms with Crippen molar-refractivity contribution in [2.75, 3.05) is 25.1 Å². The molecule has 2 heterocycles. The number of nitrogens with one attached hydrogen (secondary N) is 2. The highest BCUT2D eigenvalue weighted by Gasteiger charge is 2.34. The normalized spacial score (nSPS) is 21.4. The molecule has 3 rings (SSSR count). The van der Waals surface area contributed by atoms with E-state index in [2.05, 4.69) is 15.6 Å². The molecule has 1 aliphatic heterocycles. The van der Waals surface area contributed by atoms with Crippen molar-refractivity contribution in [2.24, 2.45) is 0 Å². The third-order valence-electron chi connectivity index (χ3n) is 4.40. The molecule has 28 heavy (non-hydrogen) atoms. The number of halogens is 1. The summed E-state index contributed by atoms with van der Waals surface area (Å²) in [4.78, 5) is 26.1. The molecule has 0 saturated carbocycles. The lowest BCUT2D eigenvalue weighted by Gasteiger charge is -2.36. The van der Waals surface area contributed by atoms with E-state index >= 15 is 0 Å². The van der Waals surface area contributed by atoms with Crippen LogP contribution in [0.25, 0.3) is 11.1 Å². The van der Waals surface area contributed by atoms with Gasteiger partial charge in [-0.25, -0.2) is 9.37 Å². The standard InChI is InChI=1S/C19H21FN4O4/c1-12(25)21-9-16-10-24(27,11-28-16)15-4-5-17(18(20)7-15)14-3-6-19(22-8-14)23-13(2)26/h3-8,16H,9-11H2,1-2H3,(H,21,25)(H,22,23,26)/t16?,24-/m1/s1. The number of aromatic nitrogens is 1. The van der Waals surface area contributed by atoms with Crippen LogP contribution >= 0.6 is 0 Å². The Morgan fingerprint density at radius 2 is 2.07 bits per heavy atom. The van der Waals surface area contributed by atoms with E-state index in [-0.39, 0.29) is 37.3 Å². The van der Waals surface area contributed by atoms with Gasteiger partial charge in [-0.3, -0.25) is 9.59 Å². The summed E-state index contributed by atoms with van der Waals surface area (Å²) in [6.45, 7) is 2.95. The van der Waals surface area contributed by atoms with Crippen molar-refractivity contribution in [3.63, 3.8) is 0 Å². The first-order valence-electron chi connectivity index (χ1n) is 8.75. The maximum atomic E-state index is 14.7. The highest BCUT2D eigenvalue weighted by atomic mass is 19.1. The Balaban J connectivity index is 1.75. The number of hydrogen-bond acceptors (Lipinski definition) is 5. The molecule has 0 spiro atoms. The average Bonchev–Trinajstić information content (AvgIpc) is 3.03. The lowest BCUT2D eigenvalue weighted by atomic mass is 10.1. The number of benzene rings is 1. The van der Waals surface area contributed by atoms with Crippen LogP contribution in [0, 0.1) is 11.0 Å². The van der Waals surface area contributed by atoms with Crippen LogP contribution in [0.15, 0.2) is 36.5 Å². The van der Waals surface area contributed by atoms with Crippen molar-refractivity contribution >= 4 is 23.3 Å². The zero-order valence-electron chi connectivity index (χ0n) is 15.6. The second kappa shape index (κ2) is 8.01. The van der Waals surface area contributed by atoms with Gasteiger partial charge in [-0.15, -0.1) is 0 Å². The van der Waals surface area contributed by atoms with E-state index in [9.17, 15) is 19.2 Å². The van der Waals surface area contributed by atoms with Crippen molar-refractivity contribution in [1.29, 1.82) is 0 Å². The largest absolute Gasteiger partial charge is 0.626 e. The van der Waals surface area contributed by atoms with E-state index in [0.29, 0.717) is 16.9 Å². The monoisotopic (exact) mass is 388 g/mol. The lowest BCUT2D eigenvalue weighted by molar-refractivity contribution is -0.119. The Kier molecular flexibility index (Phi) is 5.68. The van der Waals surface area contributed by atoms with Crippen molar-refractivity contribution in [1.82, 2.24) is 14.9 Å². The highest BCUT2D eigenvalue weighted by molar-refractivity contribution is 5.87. The second-order valence-corrected chi connectivity index (χ2v) is 6.70. The number of amides is 2. The summed E-state index contributed by atoms with van der Waals surface area (Å²) in [5, 5.41) is 18.1. The van der Waals surface area contributed by atoms with Crippen LogP contribution in [0.2, 0.25) is 0 Å². The van der Waals surface area contributed by atoms with E-state index in [1.807, 2.05) is 0 Å². The second-order valence-electron chi connectivity index (χ2n) is 6.70. The van der Waals surface area contributed by atoms with Gasteiger partial charge in [0.25, 0.3) is 0 Å². The van der Waals surface area contributed by atoms with E-state index in [0.717, 1.165) is 0 Å². The van der Waals surface area contributed by atoms with Gasteiger partial charge < -0.3 is 25.2 Å². The molecule has 148 valence electrons. The molecule has 8 nitrogen and oxygen atoms in total. The summed E-state index contributed by atoms with van der Waals surface area (Å²) in [6, 6.07) is 7.51. The molecule has 1 aromatic heterocycles. The van der Waals surface area contributed by atoms with Crippen LogP contribution in [0.1, 0.15) is 13.8 Å². The molecule has 0 radical (unpaired) electrons. The Hall–Kier alpha value is -2.88. The fourth-order valence-electron chi connectivity index (χ4n) is 3.02. The predicted octanol–water partition coefficient (Wildman–Crippen LogP) is 2.14. The number of quaternary nitrogens is 1. The fraction of sp³-hybridized carbons (Fsp3) is 0.316. The number of anilines is 1. The van der Waals surface area contributed by atoms with Crippen molar-refractivity contribution in [2.45, 2.75) is 20.0 Å². The third kappa shape index (κ3) is 4.50. The minimum Gasteiger partial charge on any atom is -0.626 e. The highest BCUT2D eigenvalue weighted by Crippen LogP contribution is 2.32. The average molecular weight is 388 g/mol. The molecular weight excluding hydrogens is 367 g/mol. The Morgan fingerprint density at radius 1 is 1.29 bits per heavy atom. The third-order valence-corrected chi connectivity index (χ3v) is 4.40. The van der Waals surface area contributed by atoms with Crippen LogP contribution in [0.5, 0.6) is 0 Å². The van der Waals surface area contributed by atoms with Gasteiger partial charge in [0, 0.05) is 49.8 Å². The summed E-state index contributed by atoms with van der Waals surface area (Å²) in [7, 11) is 0. The molecule has 2 amide bonds. The van der Waals surface area contributed by atoms with Gasteiger partial charge in [-0.1, -0.05) is 0 Å². The summed E-state index contributed by atoms with van der Waals surface area (Å²) in [5.41, 5.74) is 1.07. The number of hydroxylamine groups is 2. The molecule has 2 N–H and O–H groups in total. The van der Waals surface area contributed by atoms with Gasteiger partial charge in [0.05, 0.1) is 0 Å². The van der Waals surface area contributed by atoms with Crippen LogP contribution in [0.3, 0.4) is 0 Å². The van der Waals surface area contributed by atoms with Crippen molar-refractivity contribution < 1.29 is 18.7 Å². The molecule has 1 aliphatic rings. The Bertz CT molecular complexity index is 890. The van der Waals surface area contributed by atoms with E-state index < -0.39 is 16.6 Å². The maximum Gasteiger partial charge on any atom is 0.222 e. The SMILES string of the molecule is CC(=O)NCC1C[N@+]([O-])(c2ccc(-c3ccc(NC(C)=O)nc3)c(F)c2)CO1. The first-order valence-corrected chi connectivity index (χ1v) is 8.75. The molecule has 1 fully saturated rings. The molecule has 2 atom stereocenters. The van der Waals surface area contributed by atoms with Gasteiger partial charge in [0.15, 0.2) is 6.73 Å². The topological polar surface area (TPSA) is 103 Å². The number of ether oxygens (including phenoxy) is 1. The van der Waals surface area contributed by atoms with E-state index in [1.54, 1.807) is 18.2 Å². The smallest absolute Gasteiger partial charge is 0.222 e. The maximum absolute atomic E-state index is 14.7. The summed E-state index contributed by atoms with van der Waals surface area (Å²) in [6.07, 6.45) is 1.03. The quantitative estimate of drug-likeness (QED) is 0.603. The minimum absolute atomic E-state index is 0.0893. The number of rotatable bonds is 5. The molecule has 1 aromatic carbocycles. The first kappa shape index (κ1) is 19.9. The first-order chi connectivity index (χ1) is 13.3. The van der Waals surface area contributed by atoms with Gasteiger partial charge in [-0.2, -0.15) is 0 Å². The van der Waals surface area contributed by atoms with Crippen LogP contribution in [-0.2, 0) is 14.3 Å². The van der Waals surface area contributed by atoms with E-state index in [1.165, 1.54) is 32.2 Å². The fourth-order valence-corrected chi connectivity index (χ4v) is 3.02. The number of carbonyl (C=O) groups is 2. The summed E-state index contributed by atoms with van der Waals surface area (Å²) in [5.74, 6) is -0.625. The Labute approximate surface area is 161 Å². The van der Waals surface area contributed by atoms with Gasteiger partial charge in [0.2, 0.25) is 11.8 Å². The molecule has 1 unspecified atom stereocenters. The lowest BCUT2D eigenvalue weighted by Crippen LogP contribution is -2.43. The van der Waals surface area contributed by atoms with Crippen LogP contribution in [-0.4, -0.2) is 42.7 Å². The molecule has 2 aromatic rings. The molecule has 0 aliphatic carbocycles. The number of carbonyl (C=O) groups excluding carboxylic acids is 2. The summed E-state index contributed by atoms with van der Waals surface area (Å²) < 4.78 is 19.3. The van der Waals surface area contributed by atoms with Crippen LogP contribution < -0.4 is 15.3 Å². The van der Waals surface area contributed by atoms with Crippen molar-refractivity contribution in [3.05, 3.63) is 47.6 Å². The molecule has 9 heteroatoms. The molecule has 0 bridgehead atoms. The number of hydrogen-bond donors (Lipinski definition) is 2. The van der Waals surface area contributed by atoms with Gasteiger partial charge >= 0.3 is 0 Å². The number of nitrogens with zero attached hydrogens (tertiary/aromatic N) is 2. The zero-order valence-corrected chi connectivity index (χ0v) is 15.6. The summed E-state index contributed by atoms with van der Waals surface area (Å²) >= 11 is 0. The predicted molar refractivity (Wildman–Crippen MR) is 102 cm³/mol. The number of pyridine rings is 1. The van der Waals surface area contributed by atoms with Crippen LogP contribution in [0.4, 0.5) is 15.9 Å². The zero-order chi connectivity index (χ0) is 20.3.